The fourth-order valence-electron chi connectivity index (χ4n) is 4.44. The van der Waals surface area contributed by atoms with Gasteiger partial charge in [-0.2, -0.15) is 0 Å². The fraction of sp³-hybridized carbons (Fsp3) is 0.314. The summed E-state index contributed by atoms with van der Waals surface area (Å²) >= 11 is 0. The quantitative estimate of drug-likeness (QED) is 0.218. The second-order valence-corrected chi connectivity index (χ2v) is 14.3. The van der Waals surface area contributed by atoms with E-state index in [1.165, 1.54) is 5.56 Å². The fourth-order valence-corrected chi connectivity index (χ4v) is 6.97. The van der Waals surface area contributed by atoms with Crippen molar-refractivity contribution in [3.8, 4) is 17.2 Å². The van der Waals surface area contributed by atoms with Gasteiger partial charge in [0.15, 0.2) is 17.2 Å². The molecule has 204 valence electrons. The van der Waals surface area contributed by atoms with Crippen molar-refractivity contribution in [2.75, 3.05) is 0 Å². The molecule has 0 unspecified atom stereocenters. The molecule has 0 aliphatic rings. The number of hydrogen-bond acceptors (Lipinski definition) is 3. The molecule has 0 N–H and O–H groups in total. The summed E-state index contributed by atoms with van der Waals surface area (Å²) in [7, 11) is -3.26. The minimum Gasteiger partial charge on any atom is -0.267 e. The maximum absolute atomic E-state index is 7.18. The van der Waals surface area contributed by atoms with E-state index >= 15 is 0 Å². The number of para-hydroxylation sites is 2. The van der Waals surface area contributed by atoms with Gasteiger partial charge in [-0.25, -0.2) is 0 Å². The van der Waals surface area contributed by atoms with Gasteiger partial charge in [0.05, 0.1) is 0 Å². The van der Waals surface area contributed by atoms with Crippen molar-refractivity contribution in [3.05, 3.63) is 119 Å². The average Bonchev–Trinajstić information content (AvgIpc) is 2.86. The van der Waals surface area contributed by atoms with Crippen LogP contribution in [-0.2, 0) is 10.8 Å². The van der Waals surface area contributed by atoms with Crippen LogP contribution in [0.25, 0.3) is 0 Å². The Balaban J connectivity index is 2.00. The van der Waals surface area contributed by atoms with Gasteiger partial charge >= 0.3 is 7.94 Å². The zero-order valence-electron chi connectivity index (χ0n) is 24.8. The Kier molecular flexibility index (Phi) is 8.14. The van der Waals surface area contributed by atoms with Crippen LogP contribution in [0.4, 0.5) is 0 Å². The summed E-state index contributed by atoms with van der Waals surface area (Å²) in [6.45, 7) is 19.6. The smallest absolute Gasteiger partial charge is 0.267 e. The first-order chi connectivity index (χ1) is 18.3. The second kappa shape index (κ2) is 11.1. The van der Waals surface area contributed by atoms with Crippen molar-refractivity contribution < 1.29 is 13.6 Å². The lowest BCUT2D eigenvalue weighted by atomic mass is 9.80. The molecule has 0 fully saturated rings. The molecule has 4 aromatic carbocycles. The lowest BCUT2D eigenvalue weighted by Gasteiger charge is -2.29. The van der Waals surface area contributed by atoms with Crippen LogP contribution in [0.2, 0.25) is 0 Å². The van der Waals surface area contributed by atoms with Gasteiger partial charge in [0.1, 0.15) is 0 Å². The van der Waals surface area contributed by atoms with E-state index in [4.69, 9.17) is 13.6 Å². The predicted molar refractivity (Wildman–Crippen MR) is 166 cm³/mol. The third-order valence-corrected chi connectivity index (χ3v) is 9.31. The molecule has 0 amide bonds. The summed E-state index contributed by atoms with van der Waals surface area (Å²) in [5.41, 5.74) is 5.32. The number of rotatable bonds is 7. The lowest BCUT2D eigenvalue weighted by molar-refractivity contribution is 0.362. The summed E-state index contributed by atoms with van der Waals surface area (Å²) in [5.74, 6) is 2.26. The molecule has 4 aromatic rings. The molecule has 0 aliphatic carbocycles. The highest BCUT2D eigenvalue weighted by Crippen LogP contribution is 2.61. The molecule has 0 aromatic heterocycles. The molecule has 0 bridgehead atoms. The van der Waals surface area contributed by atoms with Crippen LogP contribution >= 0.6 is 7.94 Å². The van der Waals surface area contributed by atoms with E-state index < -0.39 is 7.94 Å². The molecule has 0 aliphatic heterocycles. The van der Waals surface area contributed by atoms with E-state index in [0.717, 1.165) is 44.8 Å². The Labute approximate surface area is 235 Å². The summed E-state index contributed by atoms with van der Waals surface area (Å²) in [5, 5.41) is 0.913. The highest BCUT2D eigenvalue weighted by atomic mass is 31.2. The van der Waals surface area contributed by atoms with Crippen LogP contribution < -0.4 is 18.9 Å². The van der Waals surface area contributed by atoms with Crippen molar-refractivity contribution in [3.63, 3.8) is 0 Å². The van der Waals surface area contributed by atoms with Crippen LogP contribution in [0.1, 0.15) is 69.4 Å². The molecule has 0 atom stereocenters. The largest absolute Gasteiger partial charge is 0.580 e. The van der Waals surface area contributed by atoms with Crippen LogP contribution in [0, 0.1) is 20.8 Å². The molecular weight excluding hydrogens is 499 g/mol. The Morgan fingerprint density at radius 2 is 0.949 bits per heavy atom. The van der Waals surface area contributed by atoms with Gasteiger partial charge < -0.3 is 0 Å². The maximum atomic E-state index is 7.18. The minimum atomic E-state index is -3.26. The molecule has 39 heavy (non-hydrogen) atoms. The normalized spacial score (nSPS) is 12.2. The molecule has 3 nitrogen and oxygen atoms in total. The molecule has 4 heteroatoms. The van der Waals surface area contributed by atoms with Gasteiger partial charge in [-0.05, 0) is 72.6 Å². The summed E-state index contributed by atoms with van der Waals surface area (Å²) in [6.07, 6.45) is 0. The van der Waals surface area contributed by atoms with E-state index in [0.29, 0.717) is 0 Å². The summed E-state index contributed by atoms with van der Waals surface area (Å²) < 4.78 is 21.2. The molecular formula is C35H42O3P+. The van der Waals surface area contributed by atoms with Gasteiger partial charge in [-0.3, -0.25) is 13.6 Å². The maximum Gasteiger partial charge on any atom is 0.580 e. The molecule has 0 saturated heterocycles. The highest BCUT2D eigenvalue weighted by molar-refractivity contribution is 7.70. The predicted octanol–water partition coefficient (Wildman–Crippen LogP) is 9.83. The van der Waals surface area contributed by atoms with Gasteiger partial charge in [0.2, 0.25) is 5.30 Å². The van der Waals surface area contributed by atoms with Gasteiger partial charge in [-0.1, -0.05) is 108 Å². The van der Waals surface area contributed by atoms with Crippen molar-refractivity contribution in [1.29, 1.82) is 0 Å². The van der Waals surface area contributed by atoms with Gasteiger partial charge in [0, 0.05) is 11.1 Å². The van der Waals surface area contributed by atoms with Crippen molar-refractivity contribution >= 4 is 13.2 Å². The zero-order valence-corrected chi connectivity index (χ0v) is 25.7. The van der Waals surface area contributed by atoms with Gasteiger partial charge in [0.25, 0.3) is 0 Å². The van der Waals surface area contributed by atoms with Crippen LogP contribution in [0.5, 0.6) is 17.2 Å². The number of benzene rings is 4. The highest BCUT2D eigenvalue weighted by Gasteiger charge is 2.55. The third kappa shape index (κ3) is 6.48. The van der Waals surface area contributed by atoms with E-state index in [9.17, 15) is 0 Å². The van der Waals surface area contributed by atoms with Crippen LogP contribution in [0.15, 0.2) is 91.0 Å². The first-order valence-corrected chi connectivity index (χ1v) is 15.1. The first-order valence-electron chi connectivity index (χ1n) is 13.6. The van der Waals surface area contributed by atoms with Crippen LogP contribution in [0.3, 0.4) is 0 Å². The van der Waals surface area contributed by atoms with E-state index in [1.807, 2.05) is 74.5 Å². The van der Waals surface area contributed by atoms with Gasteiger partial charge in [-0.15, -0.1) is 0 Å². The molecule has 0 spiro atoms. The van der Waals surface area contributed by atoms with E-state index in [-0.39, 0.29) is 10.8 Å². The Bertz CT molecular complexity index is 1400. The summed E-state index contributed by atoms with van der Waals surface area (Å²) in [6, 6.07) is 30.8. The van der Waals surface area contributed by atoms with E-state index in [1.54, 1.807) is 0 Å². The Morgan fingerprint density at radius 3 is 1.41 bits per heavy atom. The molecule has 0 saturated carbocycles. The summed E-state index contributed by atoms with van der Waals surface area (Å²) in [4.78, 5) is 0. The molecule has 0 radical (unpaired) electrons. The number of hydrogen-bond donors (Lipinski definition) is 0. The third-order valence-electron chi connectivity index (χ3n) is 6.91. The van der Waals surface area contributed by atoms with Crippen molar-refractivity contribution in [2.45, 2.75) is 73.1 Å². The molecule has 0 heterocycles. The SMILES string of the molecule is Cc1ccccc1O[P+](Oc1ccccc1C)(Oc1ccc(C(C)(C)C)cc1C(C)(C)C)c1ccccc1C. The zero-order chi connectivity index (χ0) is 28.4. The molecule has 4 rings (SSSR count). The van der Waals surface area contributed by atoms with E-state index in [2.05, 4.69) is 78.8 Å². The first kappa shape index (κ1) is 28.7. The average molecular weight is 542 g/mol. The Hall–Kier alpha value is -3.29. The second-order valence-electron chi connectivity index (χ2n) is 12.3. The lowest BCUT2D eigenvalue weighted by Crippen LogP contribution is -2.29. The van der Waals surface area contributed by atoms with Crippen molar-refractivity contribution in [1.82, 2.24) is 0 Å². The minimum absolute atomic E-state index is 0.0100. The standard InChI is InChI=1S/C35H42O3P/c1-25-16-10-13-19-30(25)36-39(33-21-15-12-18-27(33)3,37-31-20-14-11-17-26(31)2)38-32-23-22-28(34(4,5)6)24-29(32)35(7,8)9/h10-24H,1-9H3/q+1. The van der Waals surface area contributed by atoms with Crippen LogP contribution in [-0.4, -0.2) is 0 Å². The number of aryl methyl sites for hydroxylation is 3. The topological polar surface area (TPSA) is 27.7 Å². The van der Waals surface area contributed by atoms with Crippen molar-refractivity contribution in [2.24, 2.45) is 0 Å². The monoisotopic (exact) mass is 541 g/mol. The Morgan fingerprint density at radius 1 is 0.487 bits per heavy atom.